The third-order valence-corrected chi connectivity index (χ3v) is 3.34. The Kier molecular flexibility index (Phi) is 4.38. The van der Waals surface area contributed by atoms with Crippen LogP contribution in [0.3, 0.4) is 0 Å². The van der Waals surface area contributed by atoms with Gasteiger partial charge in [0.05, 0.1) is 0 Å². The molecule has 0 aliphatic rings. The average Bonchev–Trinajstić information content (AvgIpc) is 2.77. The van der Waals surface area contributed by atoms with Crippen LogP contribution in [0.15, 0.2) is 24.3 Å². The van der Waals surface area contributed by atoms with Crippen LogP contribution < -0.4 is 5.32 Å². The molecule has 5 heteroatoms. The van der Waals surface area contributed by atoms with Crippen LogP contribution in [0.2, 0.25) is 0 Å². The highest BCUT2D eigenvalue weighted by Gasteiger charge is 2.07. The predicted molar refractivity (Wildman–Crippen MR) is 71.8 cm³/mol. The molecule has 1 aromatic heterocycles. The van der Waals surface area contributed by atoms with Gasteiger partial charge in [0, 0.05) is 12.1 Å². The fourth-order valence-corrected chi connectivity index (χ4v) is 2.34. The minimum Gasteiger partial charge on any atom is -0.310 e. The summed E-state index contributed by atoms with van der Waals surface area (Å²) in [7, 11) is 0. The monoisotopic (exact) mass is 265 g/mol. The van der Waals surface area contributed by atoms with Crippen LogP contribution in [-0.2, 0) is 6.54 Å². The second kappa shape index (κ2) is 6.02. The largest absolute Gasteiger partial charge is 0.310 e. The van der Waals surface area contributed by atoms with Gasteiger partial charge in [-0.1, -0.05) is 37.3 Å². The Balaban J connectivity index is 2.02. The van der Waals surface area contributed by atoms with Gasteiger partial charge in [-0.25, -0.2) is 4.39 Å². The van der Waals surface area contributed by atoms with Crippen molar-refractivity contribution in [2.75, 3.05) is 6.54 Å². The van der Waals surface area contributed by atoms with E-state index in [-0.39, 0.29) is 5.82 Å². The molecule has 0 spiro atoms. The summed E-state index contributed by atoms with van der Waals surface area (Å²) in [5.74, 6) is 0.364. The molecule has 96 valence electrons. The molecule has 0 fully saturated rings. The van der Waals surface area contributed by atoms with Crippen molar-refractivity contribution in [2.45, 2.75) is 20.4 Å². The number of hydrogen-bond donors (Lipinski definition) is 1. The zero-order valence-corrected chi connectivity index (χ0v) is 11.3. The average molecular weight is 265 g/mol. The van der Waals surface area contributed by atoms with Crippen LogP contribution in [0.25, 0.3) is 10.6 Å². The van der Waals surface area contributed by atoms with Gasteiger partial charge in [-0.2, -0.15) is 0 Å². The van der Waals surface area contributed by atoms with Crippen molar-refractivity contribution < 1.29 is 4.39 Å². The SMILES string of the molecule is CC(C)CNCc1nnc(-c2cccc(F)c2)s1. The summed E-state index contributed by atoms with van der Waals surface area (Å²) in [6, 6.07) is 6.43. The fourth-order valence-electron chi connectivity index (χ4n) is 1.53. The van der Waals surface area contributed by atoms with Crippen LogP contribution in [0, 0.1) is 11.7 Å². The van der Waals surface area contributed by atoms with E-state index in [1.165, 1.54) is 23.5 Å². The Hall–Kier alpha value is -1.33. The van der Waals surface area contributed by atoms with Crippen molar-refractivity contribution in [1.82, 2.24) is 15.5 Å². The number of nitrogens with zero attached hydrogens (tertiary/aromatic N) is 2. The Labute approximate surface area is 110 Å². The Bertz CT molecular complexity index is 510. The molecule has 0 aliphatic carbocycles. The highest BCUT2D eigenvalue weighted by atomic mass is 32.1. The molecule has 1 N–H and O–H groups in total. The molecule has 0 radical (unpaired) electrons. The van der Waals surface area contributed by atoms with Crippen LogP contribution in [0.5, 0.6) is 0 Å². The molecular formula is C13H16FN3S. The number of nitrogens with one attached hydrogen (secondary N) is 1. The minimum absolute atomic E-state index is 0.248. The molecule has 2 rings (SSSR count). The van der Waals surface area contributed by atoms with Crippen molar-refractivity contribution in [3.8, 4) is 10.6 Å². The Morgan fingerprint density at radius 3 is 2.89 bits per heavy atom. The van der Waals surface area contributed by atoms with Gasteiger partial charge in [-0.05, 0) is 24.6 Å². The second-order valence-corrected chi connectivity index (χ2v) is 5.60. The first-order valence-electron chi connectivity index (χ1n) is 5.94. The molecule has 1 aromatic carbocycles. The van der Waals surface area contributed by atoms with E-state index in [0.29, 0.717) is 12.5 Å². The van der Waals surface area contributed by atoms with E-state index in [9.17, 15) is 4.39 Å². The highest BCUT2D eigenvalue weighted by molar-refractivity contribution is 7.14. The maximum atomic E-state index is 13.1. The van der Waals surface area contributed by atoms with Crippen molar-refractivity contribution in [3.63, 3.8) is 0 Å². The van der Waals surface area contributed by atoms with Gasteiger partial charge in [0.15, 0.2) is 0 Å². The van der Waals surface area contributed by atoms with Gasteiger partial charge < -0.3 is 5.32 Å². The molecule has 0 bridgehead atoms. The van der Waals surface area contributed by atoms with Crippen LogP contribution in [0.4, 0.5) is 4.39 Å². The molecule has 3 nitrogen and oxygen atoms in total. The minimum atomic E-state index is -0.248. The van der Waals surface area contributed by atoms with Crippen molar-refractivity contribution in [2.24, 2.45) is 5.92 Å². The lowest BCUT2D eigenvalue weighted by atomic mass is 10.2. The van der Waals surface area contributed by atoms with E-state index in [0.717, 1.165) is 22.1 Å². The summed E-state index contributed by atoms with van der Waals surface area (Å²) >= 11 is 1.49. The molecule has 0 amide bonds. The summed E-state index contributed by atoms with van der Waals surface area (Å²) in [6.45, 7) is 5.98. The third kappa shape index (κ3) is 3.58. The number of rotatable bonds is 5. The first kappa shape index (κ1) is 13.1. The number of aromatic nitrogens is 2. The standard InChI is InChI=1S/C13H16FN3S/c1-9(2)7-15-8-12-16-17-13(18-12)10-4-3-5-11(14)6-10/h3-6,9,15H,7-8H2,1-2H3. The highest BCUT2D eigenvalue weighted by Crippen LogP contribution is 2.23. The van der Waals surface area contributed by atoms with Crippen molar-refractivity contribution >= 4 is 11.3 Å². The first-order valence-corrected chi connectivity index (χ1v) is 6.76. The first-order chi connectivity index (χ1) is 8.65. The van der Waals surface area contributed by atoms with Gasteiger partial charge >= 0.3 is 0 Å². The van der Waals surface area contributed by atoms with Gasteiger partial charge in [-0.15, -0.1) is 10.2 Å². The maximum Gasteiger partial charge on any atom is 0.147 e. The number of halogens is 1. The normalized spacial score (nSPS) is 11.1. The Morgan fingerprint density at radius 2 is 2.17 bits per heavy atom. The number of hydrogen-bond acceptors (Lipinski definition) is 4. The zero-order chi connectivity index (χ0) is 13.0. The number of benzene rings is 1. The van der Waals surface area contributed by atoms with Crippen LogP contribution in [0.1, 0.15) is 18.9 Å². The molecule has 0 atom stereocenters. The van der Waals surface area contributed by atoms with Gasteiger partial charge in [0.25, 0.3) is 0 Å². The summed E-state index contributed by atoms with van der Waals surface area (Å²) < 4.78 is 13.1. The lowest BCUT2D eigenvalue weighted by molar-refractivity contribution is 0.550. The summed E-state index contributed by atoms with van der Waals surface area (Å²) in [5, 5.41) is 13.2. The summed E-state index contributed by atoms with van der Waals surface area (Å²) in [4.78, 5) is 0. The fraction of sp³-hybridized carbons (Fsp3) is 0.385. The molecule has 0 unspecified atom stereocenters. The van der Waals surface area contributed by atoms with Crippen molar-refractivity contribution in [3.05, 3.63) is 35.1 Å². The van der Waals surface area contributed by atoms with Gasteiger partial charge in [-0.3, -0.25) is 0 Å². The summed E-state index contributed by atoms with van der Waals surface area (Å²) in [5.41, 5.74) is 0.780. The molecular weight excluding hydrogens is 249 g/mol. The molecule has 0 saturated carbocycles. The van der Waals surface area contributed by atoms with E-state index in [1.807, 2.05) is 6.07 Å². The van der Waals surface area contributed by atoms with Crippen molar-refractivity contribution in [1.29, 1.82) is 0 Å². The Morgan fingerprint density at radius 1 is 1.33 bits per heavy atom. The quantitative estimate of drug-likeness (QED) is 0.902. The van der Waals surface area contributed by atoms with E-state index >= 15 is 0 Å². The smallest absolute Gasteiger partial charge is 0.147 e. The molecule has 0 aliphatic heterocycles. The third-order valence-electron chi connectivity index (χ3n) is 2.37. The van der Waals surface area contributed by atoms with E-state index in [4.69, 9.17) is 0 Å². The second-order valence-electron chi connectivity index (χ2n) is 4.54. The summed E-state index contributed by atoms with van der Waals surface area (Å²) in [6.07, 6.45) is 0. The zero-order valence-electron chi connectivity index (χ0n) is 10.5. The molecule has 18 heavy (non-hydrogen) atoms. The maximum absolute atomic E-state index is 13.1. The topological polar surface area (TPSA) is 37.8 Å². The van der Waals surface area contributed by atoms with E-state index in [1.54, 1.807) is 6.07 Å². The lowest BCUT2D eigenvalue weighted by Crippen LogP contribution is -2.18. The predicted octanol–water partition coefficient (Wildman–Crippen LogP) is 3.09. The lowest BCUT2D eigenvalue weighted by Gasteiger charge is -2.03. The van der Waals surface area contributed by atoms with E-state index in [2.05, 4.69) is 29.4 Å². The van der Waals surface area contributed by atoms with Gasteiger partial charge in [0.1, 0.15) is 15.8 Å². The molecule has 2 aromatic rings. The van der Waals surface area contributed by atoms with Crippen LogP contribution in [-0.4, -0.2) is 16.7 Å². The van der Waals surface area contributed by atoms with Gasteiger partial charge in [0.2, 0.25) is 0 Å². The van der Waals surface area contributed by atoms with E-state index < -0.39 is 0 Å². The molecule has 0 saturated heterocycles. The van der Waals surface area contributed by atoms with Crippen LogP contribution >= 0.6 is 11.3 Å². The molecule has 1 heterocycles.